The normalized spacial score (nSPS) is 15.9. The summed E-state index contributed by atoms with van der Waals surface area (Å²) in [5, 5.41) is 2.97. The number of amides is 1. The van der Waals surface area contributed by atoms with E-state index in [0.29, 0.717) is 29.8 Å². The average molecular weight is 420 g/mol. The van der Waals surface area contributed by atoms with Crippen molar-refractivity contribution in [3.05, 3.63) is 0 Å². The first-order valence-electron chi connectivity index (χ1n) is 10.7. The topological polar surface area (TPSA) is 56.8 Å². The van der Waals surface area contributed by atoms with E-state index in [1.54, 1.807) is 0 Å². The molecule has 0 fully saturated rings. The second kappa shape index (κ2) is 12.2. The summed E-state index contributed by atoms with van der Waals surface area (Å²) >= 11 is 0. The standard InChI is InChI=1S/C20H45NO4Si2/c1-11-19(9)24-26(10,23-12-2)15-13-14-21-20(22)25-27(16(3)4,17(5)6)18(7)8/h16-19H,11-15H2,1-10H3,(H,21,22). The van der Waals surface area contributed by atoms with Gasteiger partial charge in [0.25, 0.3) is 8.32 Å². The van der Waals surface area contributed by atoms with E-state index in [1.165, 1.54) is 0 Å². The molecule has 2 unspecified atom stereocenters. The van der Waals surface area contributed by atoms with Crippen LogP contribution < -0.4 is 5.32 Å². The van der Waals surface area contributed by atoms with Gasteiger partial charge in [0.1, 0.15) is 0 Å². The van der Waals surface area contributed by atoms with Crippen molar-refractivity contribution in [2.45, 2.75) is 110 Å². The second-order valence-corrected chi connectivity index (χ2v) is 17.3. The highest BCUT2D eigenvalue weighted by Gasteiger charge is 2.48. The van der Waals surface area contributed by atoms with Gasteiger partial charge in [-0.3, -0.25) is 0 Å². The Morgan fingerprint density at radius 1 is 0.963 bits per heavy atom. The average Bonchev–Trinajstić information content (AvgIpc) is 2.55. The Kier molecular flexibility index (Phi) is 12.1. The van der Waals surface area contributed by atoms with Crippen molar-refractivity contribution < 1.29 is 18.1 Å². The maximum atomic E-state index is 12.5. The molecule has 0 bridgehead atoms. The first-order valence-corrected chi connectivity index (χ1v) is 15.4. The molecule has 0 aliphatic rings. The summed E-state index contributed by atoms with van der Waals surface area (Å²) in [6.07, 6.45) is 1.77. The Labute approximate surface area is 170 Å². The third kappa shape index (κ3) is 8.25. The zero-order valence-corrected chi connectivity index (χ0v) is 21.5. The van der Waals surface area contributed by atoms with Crippen molar-refractivity contribution in [2.75, 3.05) is 13.2 Å². The van der Waals surface area contributed by atoms with Crippen LogP contribution in [0.2, 0.25) is 29.2 Å². The lowest BCUT2D eigenvalue weighted by atomic mass is 10.3. The highest BCUT2D eigenvalue weighted by Crippen LogP contribution is 2.42. The van der Waals surface area contributed by atoms with Crippen LogP contribution in [0.1, 0.15) is 75.2 Å². The molecule has 7 heteroatoms. The molecular formula is C20H45NO4Si2. The van der Waals surface area contributed by atoms with Crippen LogP contribution in [0.15, 0.2) is 0 Å². The summed E-state index contributed by atoms with van der Waals surface area (Å²) in [6, 6.07) is 0.868. The van der Waals surface area contributed by atoms with Crippen LogP contribution in [-0.4, -0.2) is 42.2 Å². The Morgan fingerprint density at radius 2 is 1.48 bits per heavy atom. The third-order valence-electron chi connectivity index (χ3n) is 5.53. The number of nitrogens with one attached hydrogen (secondary N) is 1. The van der Waals surface area contributed by atoms with Gasteiger partial charge >= 0.3 is 14.7 Å². The van der Waals surface area contributed by atoms with Crippen molar-refractivity contribution >= 4 is 23.0 Å². The number of carbonyl (C=O) groups is 1. The summed E-state index contributed by atoms with van der Waals surface area (Å²) in [7, 11) is -4.37. The fraction of sp³-hybridized carbons (Fsp3) is 0.950. The molecule has 1 amide bonds. The molecule has 0 saturated heterocycles. The predicted octanol–water partition coefficient (Wildman–Crippen LogP) is 6.20. The maximum absolute atomic E-state index is 12.5. The molecule has 0 heterocycles. The Bertz CT molecular complexity index is 410. The molecule has 1 N–H and O–H groups in total. The Hall–Kier alpha value is -0.376. The van der Waals surface area contributed by atoms with Crippen molar-refractivity contribution in [1.82, 2.24) is 5.32 Å². The van der Waals surface area contributed by atoms with Crippen molar-refractivity contribution in [3.63, 3.8) is 0 Å². The van der Waals surface area contributed by atoms with E-state index in [0.717, 1.165) is 18.9 Å². The lowest BCUT2D eigenvalue weighted by Crippen LogP contribution is -2.51. The monoisotopic (exact) mass is 419 g/mol. The minimum absolute atomic E-state index is 0.209. The molecule has 5 nitrogen and oxygen atoms in total. The van der Waals surface area contributed by atoms with E-state index in [1.807, 2.05) is 6.92 Å². The van der Waals surface area contributed by atoms with Crippen LogP contribution in [-0.2, 0) is 13.3 Å². The molecule has 0 aromatic rings. The van der Waals surface area contributed by atoms with Crippen LogP contribution in [0.25, 0.3) is 0 Å². The Morgan fingerprint density at radius 3 is 1.89 bits per heavy atom. The molecule has 0 rings (SSSR count). The quantitative estimate of drug-likeness (QED) is 0.285. The van der Waals surface area contributed by atoms with Gasteiger partial charge in [-0.2, -0.15) is 0 Å². The highest BCUT2D eigenvalue weighted by molar-refractivity contribution is 6.78. The lowest BCUT2D eigenvalue weighted by Gasteiger charge is -2.41. The van der Waals surface area contributed by atoms with Gasteiger partial charge in [-0.25, -0.2) is 4.79 Å². The zero-order chi connectivity index (χ0) is 21.3. The molecule has 0 aliphatic carbocycles. The fourth-order valence-electron chi connectivity index (χ4n) is 4.13. The van der Waals surface area contributed by atoms with E-state index in [9.17, 15) is 4.79 Å². The van der Waals surface area contributed by atoms with Crippen LogP contribution in [0, 0.1) is 0 Å². The summed E-state index contributed by atoms with van der Waals surface area (Å²) in [5.74, 6) is 0. The molecule has 0 saturated carbocycles. The lowest BCUT2D eigenvalue weighted by molar-refractivity contribution is 0.127. The minimum Gasteiger partial charge on any atom is -0.503 e. The number of rotatable bonds is 13. The molecule has 0 aliphatic heterocycles. The van der Waals surface area contributed by atoms with Crippen molar-refractivity contribution in [2.24, 2.45) is 0 Å². The maximum Gasteiger partial charge on any atom is 0.393 e. The highest BCUT2D eigenvalue weighted by atomic mass is 28.4. The molecule has 2 atom stereocenters. The van der Waals surface area contributed by atoms with Gasteiger partial charge in [-0.05, 0) is 55.9 Å². The number of carbonyl (C=O) groups excluding carboxylic acids is 1. The van der Waals surface area contributed by atoms with E-state index >= 15 is 0 Å². The predicted molar refractivity (Wildman–Crippen MR) is 119 cm³/mol. The van der Waals surface area contributed by atoms with Gasteiger partial charge in [-0.15, -0.1) is 0 Å². The molecule has 0 radical (unpaired) electrons. The van der Waals surface area contributed by atoms with Crippen LogP contribution in [0.3, 0.4) is 0 Å². The molecule has 0 spiro atoms. The van der Waals surface area contributed by atoms with Gasteiger partial charge in [0.15, 0.2) is 0 Å². The van der Waals surface area contributed by atoms with E-state index in [-0.39, 0.29) is 12.2 Å². The minimum atomic E-state index is -2.19. The van der Waals surface area contributed by atoms with Gasteiger partial charge in [-0.1, -0.05) is 48.5 Å². The second-order valence-electron chi connectivity index (χ2n) is 8.64. The van der Waals surface area contributed by atoms with E-state index < -0.39 is 16.9 Å². The summed E-state index contributed by atoms with van der Waals surface area (Å²) in [5.41, 5.74) is 1.17. The summed E-state index contributed by atoms with van der Waals surface area (Å²) in [4.78, 5) is 12.5. The SMILES string of the molecule is CCO[Si](C)(CCCNC(=O)O[Si](C(C)C)(C(C)C)C(C)C)OC(C)CC. The smallest absolute Gasteiger partial charge is 0.393 e. The molecule has 27 heavy (non-hydrogen) atoms. The molecule has 0 aromatic carbocycles. The molecule has 162 valence electrons. The fourth-order valence-corrected chi connectivity index (χ4v) is 12.0. The van der Waals surface area contributed by atoms with Crippen LogP contribution in [0.5, 0.6) is 0 Å². The van der Waals surface area contributed by atoms with Gasteiger partial charge < -0.3 is 18.6 Å². The summed E-state index contributed by atoms with van der Waals surface area (Å²) < 4.78 is 18.3. The zero-order valence-electron chi connectivity index (χ0n) is 19.5. The van der Waals surface area contributed by atoms with Crippen molar-refractivity contribution in [1.29, 1.82) is 0 Å². The third-order valence-corrected chi connectivity index (χ3v) is 14.5. The van der Waals surface area contributed by atoms with Crippen LogP contribution in [0.4, 0.5) is 4.79 Å². The van der Waals surface area contributed by atoms with Crippen LogP contribution >= 0.6 is 0 Å². The number of hydrogen-bond donors (Lipinski definition) is 1. The van der Waals surface area contributed by atoms with Crippen molar-refractivity contribution in [3.8, 4) is 0 Å². The Balaban J connectivity index is 4.68. The largest absolute Gasteiger partial charge is 0.503 e. The first kappa shape index (κ1) is 26.6. The first-order chi connectivity index (χ1) is 12.4. The summed E-state index contributed by atoms with van der Waals surface area (Å²) in [6.45, 7) is 22.7. The van der Waals surface area contributed by atoms with E-state index in [4.69, 9.17) is 13.3 Å². The molecule has 0 aromatic heterocycles. The number of hydrogen-bond acceptors (Lipinski definition) is 4. The molecular weight excluding hydrogens is 374 g/mol. The van der Waals surface area contributed by atoms with E-state index in [2.05, 4.69) is 67.3 Å². The van der Waals surface area contributed by atoms with Gasteiger partial charge in [0.05, 0.1) is 0 Å². The van der Waals surface area contributed by atoms with Gasteiger partial charge in [0, 0.05) is 19.3 Å². The van der Waals surface area contributed by atoms with Gasteiger partial charge in [0.2, 0.25) is 0 Å².